The Morgan fingerprint density at radius 2 is 2.00 bits per heavy atom. The van der Waals surface area contributed by atoms with E-state index < -0.39 is 11.9 Å². The first-order chi connectivity index (χ1) is 10.5. The fourth-order valence-electron chi connectivity index (χ4n) is 2.42. The van der Waals surface area contributed by atoms with Crippen LogP contribution in [0.15, 0.2) is 24.3 Å². The first-order valence-corrected chi connectivity index (χ1v) is 7.56. The fraction of sp³-hybridized carbons (Fsp3) is 0.500. The topological polar surface area (TPSA) is 63.2 Å². The number of benzene rings is 1. The van der Waals surface area contributed by atoms with Gasteiger partial charge >= 0.3 is 0 Å². The second-order valence-electron chi connectivity index (χ2n) is 5.65. The van der Waals surface area contributed by atoms with Gasteiger partial charge in [0.2, 0.25) is 5.91 Å². The summed E-state index contributed by atoms with van der Waals surface area (Å²) in [6, 6.07) is 5.00. The van der Waals surface area contributed by atoms with E-state index in [1.807, 2.05) is 19.2 Å². The molecule has 0 bridgehead atoms. The first-order valence-electron chi connectivity index (χ1n) is 7.56. The molecule has 2 N–H and O–H groups in total. The number of imide groups is 1. The van der Waals surface area contributed by atoms with E-state index in [0.29, 0.717) is 12.3 Å². The quantitative estimate of drug-likeness (QED) is 0.599. The van der Waals surface area contributed by atoms with E-state index in [1.54, 1.807) is 0 Å². The van der Waals surface area contributed by atoms with Crippen molar-refractivity contribution in [3.63, 3.8) is 0 Å². The summed E-state index contributed by atoms with van der Waals surface area (Å²) in [6.07, 6.45) is 1.21. The highest BCUT2D eigenvalue weighted by molar-refractivity contribution is 6.21. The molecule has 1 atom stereocenters. The van der Waals surface area contributed by atoms with Gasteiger partial charge in [-0.15, -0.1) is 0 Å². The summed E-state index contributed by atoms with van der Waals surface area (Å²) in [4.78, 5) is 25.5. The van der Waals surface area contributed by atoms with Crippen LogP contribution in [-0.4, -0.2) is 37.1 Å². The molecule has 1 saturated heterocycles. The molecule has 1 aliphatic rings. The van der Waals surface area contributed by atoms with Crippen LogP contribution >= 0.6 is 0 Å². The molecule has 0 aliphatic carbocycles. The van der Waals surface area contributed by atoms with Gasteiger partial charge in [-0.2, -0.15) is 0 Å². The monoisotopic (exact) mass is 309 g/mol. The smallest absolute Gasteiger partial charge is 0.292 e. The van der Waals surface area contributed by atoms with E-state index in [9.17, 15) is 14.0 Å². The van der Waals surface area contributed by atoms with Crippen molar-refractivity contribution in [2.24, 2.45) is 0 Å². The van der Waals surface area contributed by atoms with Crippen LogP contribution in [-0.2, 0) is 14.3 Å². The number of carbonyl (C=O) groups excluding carboxylic acids is 2. The van der Waals surface area contributed by atoms with Crippen LogP contribution in [0.3, 0.4) is 0 Å². The Morgan fingerprint density at radius 1 is 1.32 bits per heavy atom. The molecule has 1 aliphatic heterocycles. The van der Waals surface area contributed by atoms with Gasteiger partial charge in [-0.05, 0) is 38.1 Å². The molecule has 5 nitrogen and oxygen atoms in total. The number of nitrogens with two attached hydrogens (primary N) is 1. The van der Waals surface area contributed by atoms with Gasteiger partial charge in [-0.1, -0.05) is 0 Å². The third kappa shape index (κ3) is 4.11. The average Bonchev–Trinajstić information content (AvgIpc) is 2.74. The number of anilines is 1. The van der Waals surface area contributed by atoms with E-state index in [4.69, 9.17) is 4.74 Å². The zero-order valence-electron chi connectivity index (χ0n) is 12.9. The van der Waals surface area contributed by atoms with Gasteiger partial charge in [-0.3, -0.25) is 9.59 Å². The van der Waals surface area contributed by atoms with Crippen LogP contribution in [0.4, 0.5) is 10.1 Å². The molecular weight excluding hydrogens is 287 g/mol. The number of quaternary nitrogens is 1. The molecule has 0 spiro atoms. The Hall–Kier alpha value is -1.79. The van der Waals surface area contributed by atoms with Crippen LogP contribution in [0.2, 0.25) is 0 Å². The van der Waals surface area contributed by atoms with Crippen LogP contribution in [0.5, 0.6) is 0 Å². The molecule has 22 heavy (non-hydrogen) atoms. The van der Waals surface area contributed by atoms with Gasteiger partial charge in [0.25, 0.3) is 5.91 Å². The normalized spacial score (nSPS) is 18.5. The van der Waals surface area contributed by atoms with E-state index in [2.05, 4.69) is 0 Å². The third-order valence-electron chi connectivity index (χ3n) is 3.52. The molecule has 0 aromatic heterocycles. The van der Waals surface area contributed by atoms with Crippen molar-refractivity contribution in [2.75, 3.05) is 18.1 Å². The van der Waals surface area contributed by atoms with Crippen LogP contribution in [0.25, 0.3) is 0 Å². The summed E-state index contributed by atoms with van der Waals surface area (Å²) in [7, 11) is 0. The minimum Gasteiger partial charge on any atom is -0.379 e. The Labute approximate surface area is 129 Å². The van der Waals surface area contributed by atoms with Gasteiger partial charge in [0.1, 0.15) is 5.82 Å². The molecule has 120 valence electrons. The predicted molar refractivity (Wildman–Crippen MR) is 79.8 cm³/mol. The van der Waals surface area contributed by atoms with Crippen molar-refractivity contribution in [3.05, 3.63) is 30.1 Å². The minimum atomic E-state index is -0.392. The Balaban J connectivity index is 1.87. The zero-order valence-corrected chi connectivity index (χ0v) is 12.9. The van der Waals surface area contributed by atoms with E-state index in [0.717, 1.165) is 17.9 Å². The van der Waals surface area contributed by atoms with Crippen molar-refractivity contribution in [1.29, 1.82) is 0 Å². The molecular formula is C16H22FN2O3+. The molecule has 0 unspecified atom stereocenters. The highest BCUT2D eigenvalue weighted by atomic mass is 19.1. The number of hydrogen-bond acceptors (Lipinski definition) is 3. The standard InChI is InChI=1S/C16H21FN2O3/c1-11(2)22-9-3-8-18-14-10-15(20)19(16(14)21)13-6-4-12(17)5-7-13/h4-7,11,14,18H,3,8-10H2,1-2H3/p+1/t14-/m0/s1. The van der Waals surface area contributed by atoms with Crippen LogP contribution < -0.4 is 10.2 Å². The maximum atomic E-state index is 12.9. The second kappa shape index (κ2) is 7.47. The minimum absolute atomic E-state index is 0.182. The second-order valence-corrected chi connectivity index (χ2v) is 5.65. The lowest BCUT2D eigenvalue weighted by molar-refractivity contribution is -0.675. The molecule has 2 rings (SSSR count). The Kier molecular flexibility index (Phi) is 5.63. The lowest BCUT2D eigenvalue weighted by Gasteiger charge is -2.14. The van der Waals surface area contributed by atoms with Crippen molar-refractivity contribution in [1.82, 2.24) is 0 Å². The number of hydrogen-bond donors (Lipinski definition) is 1. The molecule has 1 aromatic rings. The average molecular weight is 309 g/mol. The van der Waals surface area contributed by atoms with Gasteiger partial charge in [0.05, 0.1) is 31.4 Å². The Bertz CT molecular complexity index is 531. The number of ether oxygens (including phenoxy) is 1. The molecule has 0 radical (unpaired) electrons. The van der Waals surface area contributed by atoms with E-state index in [1.165, 1.54) is 24.3 Å². The van der Waals surface area contributed by atoms with Gasteiger partial charge in [0.15, 0.2) is 6.04 Å². The lowest BCUT2D eigenvalue weighted by Crippen LogP contribution is -2.91. The summed E-state index contributed by atoms with van der Waals surface area (Å²) < 4.78 is 18.4. The molecule has 1 aromatic carbocycles. The SMILES string of the molecule is CC(C)OCCC[NH2+][C@H]1CC(=O)N(c2ccc(F)cc2)C1=O. The summed E-state index contributed by atoms with van der Waals surface area (Å²) in [5.74, 6) is -0.867. The summed E-state index contributed by atoms with van der Waals surface area (Å²) >= 11 is 0. The van der Waals surface area contributed by atoms with Crippen molar-refractivity contribution >= 4 is 17.5 Å². The maximum absolute atomic E-state index is 12.9. The number of carbonyl (C=O) groups is 2. The van der Waals surface area contributed by atoms with Gasteiger partial charge < -0.3 is 10.1 Å². The summed E-state index contributed by atoms with van der Waals surface area (Å²) in [5, 5.41) is 1.88. The maximum Gasteiger partial charge on any atom is 0.292 e. The number of halogens is 1. The highest BCUT2D eigenvalue weighted by Gasteiger charge is 2.41. The predicted octanol–water partition coefficient (Wildman–Crippen LogP) is 0.836. The van der Waals surface area contributed by atoms with Crippen molar-refractivity contribution < 1.29 is 24.0 Å². The molecule has 6 heteroatoms. The Morgan fingerprint density at radius 3 is 2.64 bits per heavy atom. The number of nitrogens with zero attached hydrogens (tertiary/aromatic N) is 1. The first kappa shape index (κ1) is 16.6. The van der Waals surface area contributed by atoms with Crippen LogP contribution in [0.1, 0.15) is 26.7 Å². The fourth-order valence-corrected chi connectivity index (χ4v) is 2.42. The van der Waals surface area contributed by atoms with E-state index >= 15 is 0 Å². The number of rotatable bonds is 7. The highest BCUT2D eigenvalue weighted by Crippen LogP contribution is 2.21. The van der Waals surface area contributed by atoms with Crippen molar-refractivity contribution in [2.45, 2.75) is 38.8 Å². The largest absolute Gasteiger partial charge is 0.379 e. The summed E-state index contributed by atoms with van der Waals surface area (Å²) in [5.41, 5.74) is 0.426. The third-order valence-corrected chi connectivity index (χ3v) is 3.52. The van der Waals surface area contributed by atoms with E-state index in [-0.39, 0.29) is 24.3 Å². The molecule has 1 fully saturated rings. The van der Waals surface area contributed by atoms with Crippen molar-refractivity contribution in [3.8, 4) is 0 Å². The lowest BCUT2D eigenvalue weighted by atomic mass is 10.2. The van der Waals surface area contributed by atoms with Crippen LogP contribution in [0, 0.1) is 5.82 Å². The van der Waals surface area contributed by atoms with Gasteiger partial charge in [-0.25, -0.2) is 9.29 Å². The molecule has 1 heterocycles. The number of amides is 2. The molecule has 2 amide bonds. The zero-order chi connectivity index (χ0) is 16.1. The molecule has 0 saturated carbocycles. The van der Waals surface area contributed by atoms with Gasteiger partial charge in [0, 0.05) is 6.42 Å². The summed E-state index contributed by atoms with van der Waals surface area (Å²) in [6.45, 7) is 5.32.